The van der Waals surface area contributed by atoms with Gasteiger partial charge in [-0.25, -0.2) is 0 Å². The van der Waals surface area contributed by atoms with E-state index in [1.54, 1.807) is 0 Å². The number of allylic oxidation sites excluding steroid dienone is 2. The zero-order valence-electron chi connectivity index (χ0n) is 18.3. The summed E-state index contributed by atoms with van der Waals surface area (Å²) in [5.74, 6) is -0.0771. The zero-order valence-corrected chi connectivity index (χ0v) is 18.3. The molecule has 0 saturated carbocycles. The van der Waals surface area contributed by atoms with Crippen molar-refractivity contribution in [3.05, 3.63) is 12.2 Å². The molecule has 3 heteroatoms. The second-order valence-corrected chi connectivity index (χ2v) is 7.52. The van der Waals surface area contributed by atoms with Crippen LogP contribution in [0.2, 0.25) is 0 Å². The van der Waals surface area contributed by atoms with Crippen LogP contribution in [0.5, 0.6) is 0 Å². The molecule has 27 heavy (non-hydrogen) atoms. The summed E-state index contributed by atoms with van der Waals surface area (Å²) in [6.45, 7) is 6.09. The molecule has 0 aliphatic rings. The van der Waals surface area contributed by atoms with E-state index in [-0.39, 0.29) is 5.97 Å². The maximum atomic E-state index is 11.6. The summed E-state index contributed by atoms with van der Waals surface area (Å²) in [5, 5.41) is 0. The van der Waals surface area contributed by atoms with Gasteiger partial charge in [-0.15, -0.1) is 0 Å². The van der Waals surface area contributed by atoms with Crippen molar-refractivity contribution < 1.29 is 14.3 Å². The fraction of sp³-hybridized carbons (Fsp3) is 0.875. The summed E-state index contributed by atoms with van der Waals surface area (Å²) < 4.78 is 10.5. The van der Waals surface area contributed by atoms with E-state index in [0.29, 0.717) is 19.6 Å². The van der Waals surface area contributed by atoms with Crippen LogP contribution in [0.4, 0.5) is 0 Å². The quantitative estimate of drug-likeness (QED) is 0.118. The normalized spacial score (nSPS) is 11.3. The smallest absolute Gasteiger partial charge is 0.305 e. The van der Waals surface area contributed by atoms with Gasteiger partial charge in [-0.3, -0.25) is 4.79 Å². The SMILES string of the molecule is CCCCCCCCC=CCCCCCCCC(=O)OCCOCCCC. The minimum absolute atomic E-state index is 0.0771. The first-order valence-corrected chi connectivity index (χ1v) is 11.7. The molecule has 0 saturated heterocycles. The average molecular weight is 383 g/mol. The van der Waals surface area contributed by atoms with Gasteiger partial charge in [-0.2, -0.15) is 0 Å². The molecule has 0 radical (unpaired) electrons. The number of hydrogen-bond donors (Lipinski definition) is 0. The van der Waals surface area contributed by atoms with Gasteiger partial charge in [0.25, 0.3) is 0 Å². The number of rotatable bonds is 21. The molecule has 0 bridgehead atoms. The van der Waals surface area contributed by atoms with Gasteiger partial charge in [0.15, 0.2) is 0 Å². The lowest BCUT2D eigenvalue weighted by atomic mass is 10.1. The summed E-state index contributed by atoms with van der Waals surface area (Å²) in [4.78, 5) is 11.6. The highest BCUT2D eigenvalue weighted by Gasteiger charge is 2.02. The molecule has 0 rings (SSSR count). The molecule has 3 nitrogen and oxygen atoms in total. The molecule has 0 N–H and O–H groups in total. The van der Waals surface area contributed by atoms with E-state index in [1.165, 1.54) is 70.6 Å². The second kappa shape index (κ2) is 23.2. The Hall–Kier alpha value is -0.830. The third kappa shape index (κ3) is 23.1. The Bertz CT molecular complexity index is 326. The Morgan fingerprint density at radius 1 is 0.630 bits per heavy atom. The Morgan fingerprint density at radius 3 is 1.81 bits per heavy atom. The minimum atomic E-state index is -0.0771. The Kier molecular flexibility index (Phi) is 22.5. The van der Waals surface area contributed by atoms with Crippen molar-refractivity contribution in [2.75, 3.05) is 19.8 Å². The van der Waals surface area contributed by atoms with Gasteiger partial charge in [0.1, 0.15) is 6.61 Å². The van der Waals surface area contributed by atoms with E-state index in [0.717, 1.165) is 32.3 Å². The average Bonchev–Trinajstić information content (AvgIpc) is 2.67. The van der Waals surface area contributed by atoms with Gasteiger partial charge in [0.2, 0.25) is 0 Å². The van der Waals surface area contributed by atoms with Crippen LogP contribution in [0.25, 0.3) is 0 Å². The van der Waals surface area contributed by atoms with Gasteiger partial charge in [-0.05, 0) is 38.5 Å². The van der Waals surface area contributed by atoms with Crippen LogP contribution in [0.15, 0.2) is 12.2 Å². The molecule has 0 heterocycles. The molecule has 0 aliphatic carbocycles. The summed E-state index contributed by atoms with van der Waals surface area (Å²) in [7, 11) is 0. The molecule has 0 aliphatic heterocycles. The van der Waals surface area contributed by atoms with Gasteiger partial charge < -0.3 is 9.47 Å². The van der Waals surface area contributed by atoms with Gasteiger partial charge in [-0.1, -0.05) is 83.8 Å². The first kappa shape index (κ1) is 26.2. The van der Waals surface area contributed by atoms with E-state index >= 15 is 0 Å². The molecule has 160 valence electrons. The zero-order chi connectivity index (χ0) is 19.8. The molecule has 0 aromatic carbocycles. The van der Waals surface area contributed by atoms with Gasteiger partial charge >= 0.3 is 5.97 Å². The lowest BCUT2D eigenvalue weighted by Crippen LogP contribution is -2.10. The number of esters is 1. The highest BCUT2D eigenvalue weighted by Crippen LogP contribution is 2.10. The van der Waals surface area contributed by atoms with E-state index in [1.807, 2.05) is 0 Å². The summed E-state index contributed by atoms with van der Waals surface area (Å²) in [6.07, 6.45) is 24.0. The molecule has 0 aromatic rings. The predicted molar refractivity (Wildman–Crippen MR) is 116 cm³/mol. The fourth-order valence-corrected chi connectivity index (χ4v) is 2.98. The molecular formula is C24H46O3. The third-order valence-corrected chi connectivity index (χ3v) is 4.78. The predicted octanol–water partition coefficient (Wildman–Crippen LogP) is 7.38. The largest absolute Gasteiger partial charge is 0.463 e. The van der Waals surface area contributed by atoms with Crippen molar-refractivity contribution in [3.63, 3.8) is 0 Å². The molecule has 0 atom stereocenters. The van der Waals surface area contributed by atoms with Crippen molar-refractivity contribution in [2.24, 2.45) is 0 Å². The summed E-state index contributed by atoms with van der Waals surface area (Å²) >= 11 is 0. The standard InChI is InChI=1S/C24H46O3/c1-3-5-7-8-9-10-11-12-13-14-15-16-17-18-19-20-24(25)27-23-22-26-21-6-4-2/h12-13H,3-11,14-23H2,1-2H3. The molecular weight excluding hydrogens is 336 g/mol. The lowest BCUT2D eigenvalue weighted by Gasteiger charge is -2.05. The van der Waals surface area contributed by atoms with Crippen LogP contribution in [0.1, 0.15) is 117 Å². The Balaban J connectivity index is 3.19. The molecule has 0 spiro atoms. The molecule has 0 amide bonds. The van der Waals surface area contributed by atoms with Crippen LogP contribution in [0.3, 0.4) is 0 Å². The monoisotopic (exact) mass is 382 g/mol. The van der Waals surface area contributed by atoms with Crippen molar-refractivity contribution in [1.82, 2.24) is 0 Å². The van der Waals surface area contributed by atoms with Crippen molar-refractivity contribution in [2.45, 2.75) is 117 Å². The van der Waals surface area contributed by atoms with E-state index in [2.05, 4.69) is 26.0 Å². The fourth-order valence-electron chi connectivity index (χ4n) is 2.98. The first-order valence-electron chi connectivity index (χ1n) is 11.7. The maximum Gasteiger partial charge on any atom is 0.305 e. The topological polar surface area (TPSA) is 35.5 Å². The Morgan fingerprint density at radius 2 is 1.19 bits per heavy atom. The number of ether oxygens (including phenoxy) is 2. The number of carbonyl (C=O) groups excluding carboxylic acids is 1. The molecule has 0 aromatic heterocycles. The van der Waals surface area contributed by atoms with E-state index in [4.69, 9.17) is 9.47 Å². The highest BCUT2D eigenvalue weighted by atomic mass is 16.6. The lowest BCUT2D eigenvalue weighted by molar-refractivity contribution is -0.145. The summed E-state index contributed by atoms with van der Waals surface area (Å²) in [6, 6.07) is 0. The van der Waals surface area contributed by atoms with Crippen molar-refractivity contribution in [1.29, 1.82) is 0 Å². The Labute approximate surface area is 169 Å². The van der Waals surface area contributed by atoms with E-state index in [9.17, 15) is 4.79 Å². The van der Waals surface area contributed by atoms with Gasteiger partial charge in [0.05, 0.1) is 6.61 Å². The highest BCUT2D eigenvalue weighted by molar-refractivity contribution is 5.69. The van der Waals surface area contributed by atoms with Crippen molar-refractivity contribution >= 4 is 5.97 Å². The van der Waals surface area contributed by atoms with E-state index < -0.39 is 0 Å². The minimum Gasteiger partial charge on any atom is -0.463 e. The van der Waals surface area contributed by atoms with Crippen LogP contribution < -0.4 is 0 Å². The van der Waals surface area contributed by atoms with Crippen LogP contribution in [0, 0.1) is 0 Å². The second-order valence-electron chi connectivity index (χ2n) is 7.52. The molecule has 0 unspecified atom stereocenters. The van der Waals surface area contributed by atoms with Gasteiger partial charge in [0, 0.05) is 13.0 Å². The maximum absolute atomic E-state index is 11.6. The first-order chi connectivity index (χ1) is 13.3. The number of hydrogen-bond acceptors (Lipinski definition) is 3. The van der Waals surface area contributed by atoms with Crippen LogP contribution in [-0.2, 0) is 14.3 Å². The number of unbranched alkanes of at least 4 members (excludes halogenated alkanes) is 12. The third-order valence-electron chi connectivity index (χ3n) is 4.78. The molecule has 0 fully saturated rings. The van der Waals surface area contributed by atoms with Crippen molar-refractivity contribution in [3.8, 4) is 0 Å². The van der Waals surface area contributed by atoms with Crippen LogP contribution >= 0.6 is 0 Å². The van der Waals surface area contributed by atoms with Crippen LogP contribution in [-0.4, -0.2) is 25.8 Å². The summed E-state index contributed by atoms with van der Waals surface area (Å²) in [5.41, 5.74) is 0. The number of carbonyl (C=O) groups is 1.